The highest BCUT2D eigenvalue weighted by Crippen LogP contribution is 2.23. The van der Waals surface area contributed by atoms with Crippen molar-refractivity contribution < 1.29 is 13.2 Å². The van der Waals surface area contributed by atoms with Gasteiger partial charge in [-0.15, -0.1) is 0 Å². The summed E-state index contributed by atoms with van der Waals surface area (Å²) in [6.45, 7) is 0. The van der Waals surface area contributed by atoms with Gasteiger partial charge >= 0.3 is 0 Å². The number of ether oxygens (including phenoxy) is 1. The van der Waals surface area contributed by atoms with Crippen molar-refractivity contribution in [3.63, 3.8) is 0 Å². The van der Waals surface area contributed by atoms with Gasteiger partial charge in [0, 0.05) is 6.26 Å². The van der Waals surface area contributed by atoms with Crippen LogP contribution in [0.4, 0.5) is 0 Å². The van der Waals surface area contributed by atoms with Gasteiger partial charge in [0.1, 0.15) is 11.5 Å². The van der Waals surface area contributed by atoms with Crippen molar-refractivity contribution in [2.75, 3.05) is 6.26 Å². The maximum absolute atomic E-state index is 11.4. The van der Waals surface area contributed by atoms with E-state index < -0.39 is 9.84 Å². The Kier molecular flexibility index (Phi) is 4.67. The molecule has 3 aromatic carbocycles. The summed E-state index contributed by atoms with van der Waals surface area (Å²) in [6, 6.07) is 24.6. The molecule has 0 aromatic heterocycles. The zero-order chi connectivity index (χ0) is 17.0. The van der Waals surface area contributed by atoms with E-state index in [0.717, 1.165) is 12.2 Å². The second kappa shape index (κ2) is 6.89. The van der Waals surface area contributed by atoms with E-state index in [4.69, 9.17) is 4.74 Å². The Labute approximate surface area is 142 Å². The van der Waals surface area contributed by atoms with Gasteiger partial charge in [-0.3, -0.25) is 0 Å². The lowest BCUT2D eigenvalue weighted by molar-refractivity contribution is 0.482. The van der Waals surface area contributed by atoms with E-state index in [2.05, 4.69) is 12.1 Å². The summed E-state index contributed by atoms with van der Waals surface area (Å²) in [6.07, 6.45) is 2.07. The zero-order valence-corrected chi connectivity index (χ0v) is 14.2. The van der Waals surface area contributed by atoms with Crippen molar-refractivity contribution >= 4 is 9.84 Å². The molecule has 0 unspecified atom stereocenters. The van der Waals surface area contributed by atoms with Crippen molar-refractivity contribution in [1.82, 2.24) is 0 Å². The molecule has 0 N–H and O–H groups in total. The predicted molar refractivity (Wildman–Crippen MR) is 95.3 cm³/mol. The number of benzene rings is 3. The predicted octanol–water partition coefficient (Wildman–Crippen LogP) is 4.47. The first-order chi connectivity index (χ1) is 11.5. The average Bonchev–Trinajstić information content (AvgIpc) is 2.57. The Morgan fingerprint density at radius 3 is 1.75 bits per heavy atom. The normalized spacial score (nSPS) is 11.2. The number of rotatable bonds is 5. The van der Waals surface area contributed by atoms with Crippen LogP contribution < -0.4 is 4.74 Å². The SMILES string of the molecule is CS(=O)(=O)c1ccc(Oc2ccc(Cc3ccccc3)cc2)cc1. The molecule has 0 spiro atoms. The molecule has 3 aromatic rings. The van der Waals surface area contributed by atoms with Crippen molar-refractivity contribution in [2.45, 2.75) is 11.3 Å². The molecule has 4 heteroatoms. The summed E-state index contributed by atoms with van der Waals surface area (Å²) < 4.78 is 28.7. The second-order valence-electron chi connectivity index (χ2n) is 5.65. The molecule has 3 nitrogen and oxygen atoms in total. The van der Waals surface area contributed by atoms with E-state index in [1.54, 1.807) is 24.3 Å². The molecule has 122 valence electrons. The van der Waals surface area contributed by atoms with Gasteiger partial charge in [-0.2, -0.15) is 0 Å². The number of hydrogen-bond donors (Lipinski definition) is 0. The summed E-state index contributed by atoms with van der Waals surface area (Å²) in [4.78, 5) is 0.285. The standard InChI is InChI=1S/C20H18O3S/c1-24(21,22)20-13-11-19(12-14-20)23-18-9-7-17(8-10-18)15-16-5-3-2-4-6-16/h2-14H,15H2,1H3. The number of sulfone groups is 1. The molecule has 0 heterocycles. The number of hydrogen-bond acceptors (Lipinski definition) is 3. The highest BCUT2D eigenvalue weighted by molar-refractivity contribution is 7.90. The van der Waals surface area contributed by atoms with Crippen molar-refractivity contribution in [1.29, 1.82) is 0 Å². The Hall–Kier alpha value is -2.59. The molecule has 3 rings (SSSR count). The lowest BCUT2D eigenvalue weighted by Crippen LogP contribution is -1.96. The van der Waals surface area contributed by atoms with E-state index in [0.29, 0.717) is 5.75 Å². The molecule has 0 aliphatic carbocycles. The Bertz CT molecular complexity index is 897. The molecule has 0 radical (unpaired) electrons. The molecule has 0 aliphatic rings. The molecule has 0 amide bonds. The van der Waals surface area contributed by atoms with Crippen LogP contribution in [-0.2, 0) is 16.3 Å². The molecular weight excluding hydrogens is 320 g/mol. The van der Waals surface area contributed by atoms with Crippen molar-refractivity contribution in [2.24, 2.45) is 0 Å². The summed E-state index contributed by atoms with van der Waals surface area (Å²) in [7, 11) is -3.18. The van der Waals surface area contributed by atoms with E-state index in [1.165, 1.54) is 17.4 Å². The Balaban J connectivity index is 1.68. The van der Waals surface area contributed by atoms with Crippen LogP contribution in [0, 0.1) is 0 Å². The maximum atomic E-state index is 11.4. The minimum absolute atomic E-state index is 0.285. The molecule has 0 atom stereocenters. The zero-order valence-electron chi connectivity index (χ0n) is 13.3. The monoisotopic (exact) mass is 338 g/mol. The summed E-state index contributed by atoms with van der Waals surface area (Å²) >= 11 is 0. The molecule has 0 aliphatic heterocycles. The smallest absolute Gasteiger partial charge is 0.175 e. The third-order valence-electron chi connectivity index (χ3n) is 3.66. The quantitative estimate of drug-likeness (QED) is 0.689. The Morgan fingerprint density at radius 2 is 1.21 bits per heavy atom. The minimum atomic E-state index is -3.18. The fraction of sp³-hybridized carbons (Fsp3) is 0.100. The van der Waals surface area contributed by atoms with E-state index >= 15 is 0 Å². The largest absolute Gasteiger partial charge is 0.457 e. The van der Waals surface area contributed by atoms with Crippen LogP contribution in [0.3, 0.4) is 0 Å². The van der Waals surface area contributed by atoms with Crippen LogP contribution >= 0.6 is 0 Å². The Morgan fingerprint density at radius 1 is 0.708 bits per heavy atom. The van der Waals surface area contributed by atoms with Gasteiger partial charge in [-0.25, -0.2) is 8.42 Å². The summed E-state index contributed by atoms with van der Waals surface area (Å²) in [5, 5.41) is 0. The minimum Gasteiger partial charge on any atom is -0.457 e. The molecule has 24 heavy (non-hydrogen) atoms. The van der Waals surface area contributed by atoms with Gasteiger partial charge in [-0.05, 0) is 53.9 Å². The molecular formula is C20H18O3S. The van der Waals surface area contributed by atoms with Crippen molar-refractivity contribution in [3.8, 4) is 11.5 Å². The summed E-state index contributed by atoms with van der Waals surface area (Å²) in [5.74, 6) is 1.33. The van der Waals surface area contributed by atoms with Gasteiger partial charge in [-0.1, -0.05) is 42.5 Å². The first-order valence-corrected chi connectivity index (χ1v) is 9.51. The van der Waals surface area contributed by atoms with Crippen LogP contribution in [0.15, 0.2) is 83.8 Å². The third kappa shape index (κ3) is 4.24. The third-order valence-corrected chi connectivity index (χ3v) is 4.79. The summed E-state index contributed by atoms with van der Waals surface area (Å²) in [5.41, 5.74) is 2.48. The fourth-order valence-electron chi connectivity index (χ4n) is 2.40. The van der Waals surface area contributed by atoms with Crippen LogP contribution in [0.25, 0.3) is 0 Å². The van der Waals surface area contributed by atoms with Crippen molar-refractivity contribution in [3.05, 3.63) is 90.0 Å². The topological polar surface area (TPSA) is 43.4 Å². The van der Waals surface area contributed by atoms with Gasteiger partial charge < -0.3 is 4.74 Å². The van der Waals surface area contributed by atoms with Crippen LogP contribution in [0.5, 0.6) is 11.5 Å². The first-order valence-electron chi connectivity index (χ1n) is 7.61. The van der Waals surface area contributed by atoms with Crippen LogP contribution in [0.1, 0.15) is 11.1 Å². The van der Waals surface area contributed by atoms with Gasteiger partial charge in [0.2, 0.25) is 0 Å². The second-order valence-corrected chi connectivity index (χ2v) is 7.67. The first kappa shape index (κ1) is 16.3. The fourth-order valence-corrected chi connectivity index (χ4v) is 3.03. The molecule has 0 fully saturated rings. The van der Waals surface area contributed by atoms with Gasteiger partial charge in [0.05, 0.1) is 4.90 Å². The average molecular weight is 338 g/mol. The molecule has 0 saturated heterocycles. The lowest BCUT2D eigenvalue weighted by Gasteiger charge is -2.08. The van der Waals surface area contributed by atoms with E-state index in [9.17, 15) is 8.42 Å². The highest BCUT2D eigenvalue weighted by Gasteiger charge is 2.07. The van der Waals surface area contributed by atoms with Gasteiger partial charge in [0.15, 0.2) is 9.84 Å². The van der Waals surface area contributed by atoms with Gasteiger partial charge in [0.25, 0.3) is 0 Å². The lowest BCUT2D eigenvalue weighted by atomic mass is 10.1. The van der Waals surface area contributed by atoms with Crippen LogP contribution in [0.2, 0.25) is 0 Å². The molecule has 0 bridgehead atoms. The van der Waals surface area contributed by atoms with Crippen LogP contribution in [-0.4, -0.2) is 14.7 Å². The maximum Gasteiger partial charge on any atom is 0.175 e. The molecule has 0 saturated carbocycles. The van der Waals surface area contributed by atoms with E-state index in [-0.39, 0.29) is 4.90 Å². The van der Waals surface area contributed by atoms with E-state index in [1.807, 2.05) is 42.5 Å². The highest BCUT2D eigenvalue weighted by atomic mass is 32.2.